The normalized spacial score (nSPS) is 20.4. The van der Waals surface area contributed by atoms with Crippen molar-refractivity contribution in [2.24, 2.45) is 0 Å². The number of urea groups is 1. The number of carbonyl (C=O) groups excluding carboxylic acids is 1. The van der Waals surface area contributed by atoms with E-state index in [-0.39, 0.29) is 11.1 Å². The van der Waals surface area contributed by atoms with E-state index in [2.05, 4.69) is 5.32 Å². The van der Waals surface area contributed by atoms with Crippen LogP contribution in [0.1, 0.15) is 18.4 Å². The first kappa shape index (κ1) is 14.6. The molecule has 2 amide bonds. The smallest absolute Gasteiger partial charge is 0.320 e. The Hall–Kier alpha value is -1.33. The number of nitrogens with zero attached hydrogens (tertiary/aromatic N) is 2. The first-order chi connectivity index (χ1) is 10.2. The highest BCUT2D eigenvalue weighted by Crippen LogP contribution is 2.24. The van der Waals surface area contributed by atoms with E-state index < -0.39 is 5.82 Å². The zero-order valence-corrected chi connectivity index (χ0v) is 12.6. The molecule has 1 aromatic rings. The molecular formula is C15H19ClFN3O. The van der Waals surface area contributed by atoms with E-state index in [4.69, 9.17) is 11.6 Å². The number of halogens is 2. The fraction of sp³-hybridized carbons (Fsp3) is 0.533. The topological polar surface area (TPSA) is 35.6 Å². The summed E-state index contributed by atoms with van der Waals surface area (Å²) in [6.07, 6.45) is 2.00. The molecule has 2 fully saturated rings. The molecule has 2 saturated heterocycles. The van der Waals surface area contributed by atoms with E-state index in [0.717, 1.165) is 32.5 Å². The van der Waals surface area contributed by atoms with Crippen molar-refractivity contribution in [3.8, 4) is 0 Å². The van der Waals surface area contributed by atoms with Gasteiger partial charge in [-0.1, -0.05) is 23.7 Å². The van der Waals surface area contributed by atoms with E-state index in [9.17, 15) is 9.18 Å². The van der Waals surface area contributed by atoms with Crippen LogP contribution in [0.5, 0.6) is 0 Å². The van der Waals surface area contributed by atoms with Crippen molar-refractivity contribution in [2.75, 3.05) is 26.2 Å². The fourth-order valence-electron chi connectivity index (χ4n) is 3.08. The Morgan fingerprint density at radius 1 is 1.29 bits per heavy atom. The average Bonchev–Trinajstić information content (AvgIpc) is 2.86. The third kappa shape index (κ3) is 2.99. The van der Waals surface area contributed by atoms with Crippen molar-refractivity contribution in [1.82, 2.24) is 15.1 Å². The van der Waals surface area contributed by atoms with Gasteiger partial charge in [0.05, 0.1) is 5.02 Å². The molecule has 6 heteroatoms. The van der Waals surface area contributed by atoms with Crippen molar-refractivity contribution in [3.05, 3.63) is 34.6 Å². The number of rotatable bonds is 3. The Morgan fingerprint density at radius 3 is 2.81 bits per heavy atom. The Kier molecular flexibility index (Phi) is 4.31. The second-order valence-corrected chi connectivity index (χ2v) is 5.97. The van der Waals surface area contributed by atoms with Crippen LogP contribution in [0.3, 0.4) is 0 Å². The maximum atomic E-state index is 13.5. The molecule has 21 heavy (non-hydrogen) atoms. The Balaban J connectivity index is 1.67. The molecule has 0 aromatic heterocycles. The van der Waals surface area contributed by atoms with Gasteiger partial charge < -0.3 is 15.1 Å². The number of nitrogens with one attached hydrogen (secondary N) is 1. The van der Waals surface area contributed by atoms with Crippen LogP contribution in [0, 0.1) is 5.82 Å². The summed E-state index contributed by atoms with van der Waals surface area (Å²) in [4.78, 5) is 16.2. The predicted molar refractivity (Wildman–Crippen MR) is 79.8 cm³/mol. The fourth-order valence-corrected chi connectivity index (χ4v) is 3.27. The number of hydrogen-bond donors (Lipinski definition) is 1. The van der Waals surface area contributed by atoms with Crippen molar-refractivity contribution < 1.29 is 9.18 Å². The van der Waals surface area contributed by atoms with Crippen LogP contribution < -0.4 is 5.32 Å². The minimum atomic E-state index is -0.434. The van der Waals surface area contributed by atoms with E-state index in [1.807, 2.05) is 4.90 Å². The molecule has 0 bridgehead atoms. The molecule has 2 aliphatic heterocycles. The summed E-state index contributed by atoms with van der Waals surface area (Å²) in [5, 5.41) is 3.42. The van der Waals surface area contributed by atoms with Crippen molar-refractivity contribution >= 4 is 17.6 Å². The molecule has 2 aliphatic rings. The Morgan fingerprint density at radius 2 is 2.05 bits per heavy atom. The summed E-state index contributed by atoms with van der Waals surface area (Å²) >= 11 is 5.97. The largest absolute Gasteiger partial charge is 0.320 e. The number of piperidine rings is 1. The quantitative estimate of drug-likeness (QED) is 0.931. The van der Waals surface area contributed by atoms with Crippen LogP contribution in [-0.4, -0.2) is 48.1 Å². The second-order valence-electron chi connectivity index (χ2n) is 5.59. The van der Waals surface area contributed by atoms with Gasteiger partial charge in [0, 0.05) is 25.7 Å². The third-order valence-corrected chi connectivity index (χ3v) is 4.69. The van der Waals surface area contributed by atoms with Gasteiger partial charge in [0.1, 0.15) is 5.82 Å². The molecule has 1 aromatic carbocycles. The summed E-state index contributed by atoms with van der Waals surface area (Å²) in [6.45, 7) is 3.72. The number of amides is 2. The van der Waals surface area contributed by atoms with Crippen LogP contribution in [0.15, 0.2) is 18.2 Å². The lowest BCUT2D eigenvalue weighted by molar-refractivity contribution is 0.164. The maximum Gasteiger partial charge on any atom is 0.320 e. The molecule has 0 radical (unpaired) electrons. The third-order valence-electron chi connectivity index (χ3n) is 4.27. The van der Waals surface area contributed by atoms with Gasteiger partial charge in [-0.3, -0.25) is 0 Å². The van der Waals surface area contributed by atoms with E-state index in [1.54, 1.807) is 17.0 Å². The first-order valence-corrected chi connectivity index (χ1v) is 7.74. The van der Waals surface area contributed by atoms with Crippen molar-refractivity contribution in [3.63, 3.8) is 0 Å². The van der Waals surface area contributed by atoms with E-state index in [1.165, 1.54) is 6.07 Å². The molecule has 0 aliphatic carbocycles. The first-order valence-electron chi connectivity index (χ1n) is 7.36. The van der Waals surface area contributed by atoms with Crippen molar-refractivity contribution in [2.45, 2.75) is 25.4 Å². The number of carbonyl (C=O) groups is 1. The Labute approximate surface area is 128 Å². The molecular weight excluding hydrogens is 293 g/mol. The van der Waals surface area contributed by atoms with Crippen LogP contribution in [-0.2, 0) is 6.54 Å². The average molecular weight is 312 g/mol. The molecule has 4 nitrogen and oxygen atoms in total. The second kappa shape index (κ2) is 6.20. The predicted octanol–water partition coefficient (Wildman–Crippen LogP) is 2.47. The highest BCUT2D eigenvalue weighted by Gasteiger charge is 2.34. The summed E-state index contributed by atoms with van der Waals surface area (Å²) in [7, 11) is 0. The SMILES string of the molecule is O=C1N(Cc2cccc(F)c2Cl)CCN1C1CCNCC1. The van der Waals surface area contributed by atoms with Crippen LogP contribution in [0.2, 0.25) is 5.02 Å². The molecule has 2 heterocycles. The molecule has 0 unspecified atom stereocenters. The standard InChI is InChI=1S/C15H19ClFN3O/c16-14-11(2-1-3-13(14)17)10-19-8-9-20(15(19)21)12-4-6-18-7-5-12/h1-3,12,18H,4-10H2. The maximum absolute atomic E-state index is 13.5. The lowest BCUT2D eigenvalue weighted by Gasteiger charge is -2.31. The molecule has 0 spiro atoms. The van der Waals surface area contributed by atoms with Crippen LogP contribution >= 0.6 is 11.6 Å². The highest BCUT2D eigenvalue weighted by molar-refractivity contribution is 6.31. The van der Waals surface area contributed by atoms with Gasteiger partial charge in [-0.2, -0.15) is 0 Å². The molecule has 1 N–H and O–H groups in total. The van der Waals surface area contributed by atoms with Gasteiger partial charge in [-0.15, -0.1) is 0 Å². The number of hydrogen-bond acceptors (Lipinski definition) is 2. The zero-order chi connectivity index (χ0) is 14.8. The summed E-state index contributed by atoms with van der Waals surface area (Å²) in [5.74, 6) is -0.434. The minimum absolute atomic E-state index is 0.0437. The van der Waals surface area contributed by atoms with Crippen LogP contribution in [0.25, 0.3) is 0 Å². The minimum Gasteiger partial charge on any atom is -0.320 e. The van der Waals surface area contributed by atoms with E-state index >= 15 is 0 Å². The van der Waals surface area contributed by atoms with Gasteiger partial charge in [0.25, 0.3) is 0 Å². The zero-order valence-electron chi connectivity index (χ0n) is 11.8. The van der Waals surface area contributed by atoms with Gasteiger partial charge in [-0.25, -0.2) is 9.18 Å². The van der Waals surface area contributed by atoms with E-state index in [0.29, 0.717) is 24.7 Å². The molecule has 0 saturated carbocycles. The number of benzene rings is 1. The summed E-state index contributed by atoms with van der Waals surface area (Å²) in [6, 6.07) is 5.10. The van der Waals surface area contributed by atoms with Gasteiger partial charge in [0.2, 0.25) is 0 Å². The lowest BCUT2D eigenvalue weighted by Crippen LogP contribution is -2.45. The molecule has 114 valence electrons. The lowest BCUT2D eigenvalue weighted by atomic mass is 10.1. The molecule has 0 atom stereocenters. The summed E-state index contributed by atoms with van der Waals surface area (Å²) in [5.41, 5.74) is 0.664. The van der Waals surface area contributed by atoms with Crippen molar-refractivity contribution in [1.29, 1.82) is 0 Å². The monoisotopic (exact) mass is 311 g/mol. The van der Waals surface area contributed by atoms with Gasteiger partial charge in [0.15, 0.2) is 0 Å². The Bertz CT molecular complexity index is 534. The highest BCUT2D eigenvalue weighted by atomic mass is 35.5. The molecule has 3 rings (SSSR count). The van der Waals surface area contributed by atoms with Crippen LogP contribution in [0.4, 0.5) is 9.18 Å². The summed E-state index contributed by atoms with van der Waals surface area (Å²) < 4.78 is 13.5. The van der Waals surface area contributed by atoms with Gasteiger partial charge in [-0.05, 0) is 37.6 Å². The van der Waals surface area contributed by atoms with Gasteiger partial charge >= 0.3 is 6.03 Å².